The van der Waals surface area contributed by atoms with Gasteiger partial charge in [0.15, 0.2) is 23.1 Å². The molecule has 0 spiro atoms. The van der Waals surface area contributed by atoms with Gasteiger partial charge in [-0.05, 0) is 86.2 Å². The number of phenols is 1. The number of phenolic OH excluding ortho intramolecular Hbond substituents is 1. The molecule has 1 fully saturated rings. The van der Waals surface area contributed by atoms with E-state index < -0.39 is 29.2 Å². The second kappa shape index (κ2) is 8.26. The van der Waals surface area contributed by atoms with E-state index in [0.717, 1.165) is 5.57 Å². The summed E-state index contributed by atoms with van der Waals surface area (Å²) in [6, 6.07) is 3.38. The first-order chi connectivity index (χ1) is 16.9. The van der Waals surface area contributed by atoms with Gasteiger partial charge in [0, 0.05) is 28.2 Å². The Labute approximate surface area is 218 Å². The number of amides is 2. The van der Waals surface area contributed by atoms with Crippen LogP contribution in [0, 0.1) is 17.8 Å². The molecule has 3 aliphatic carbocycles. The summed E-state index contributed by atoms with van der Waals surface area (Å²) in [4.78, 5) is 55.1. The molecule has 4 aliphatic rings. The monoisotopic (exact) mass is 553 g/mol. The number of ether oxygens (including phenoxy) is 1. The maximum Gasteiger partial charge on any atom is 0.234 e. The Hall–Kier alpha value is -3.00. The average molecular weight is 554 g/mol. The number of allylic oxidation sites excluding steroid dienone is 6. The van der Waals surface area contributed by atoms with Crippen molar-refractivity contribution in [3.8, 4) is 11.5 Å². The number of Topliss-reactive ketones (excluding diaryl/α,β-unsaturated/α-hetero) is 1. The molecule has 188 valence electrons. The van der Waals surface area contributed by atoms with Gasteiger partial charge in [0.05, 0.1) is 23.4 Å². The first-order valence-electron chi connectivity index (χ1n) is 12.0. The summed E-state index contributed by atoms with van der Waals surface area (Å²) >= 11 is 3.37. The number of likely N-dealkylation sites (tertiary alicyclic amines) is 1. The molecule has 1 aromatic carbocycles. The Morgan fingerprint density at radius 3 is 2.42 bits per heavy atom. The molecule has 0 radical (unpaired) electrons. The molecule has 0 aromatic heterocycles. The largest absolute Gasteiger partial charge is 0.503 e. The van der Waals surface area contributed by atoms with E-state index in [0.29, 0.717) is 33.2 Å². The van der Waals surface area contributed by atoms with Crippen LogP contribution in [0.2, 0.25) is 0 Å². The lowest BCUT2D eigenvalue weighted by Gasteiger charge is -2.42. The van der Waals surface area contributed by atoms with Crippen LogP contribution >= 0.6 is 15.9 Å². The molecule has 0 unspecified atom stereocenters. The molecule has 1 aromatic rings. The lowest BCUT2D eigenvalue weighted by atomic mass is 9.59. The molecule has 1 aliphatic heterocycles. The molecule has 8 heteroatoms. The number of halogens is 1. The third-order valence-corrected chi connectivity index (χ3v) is 8.44. The summed E-state index contributed by atoms with van der Waals surface area (Å²) < 4.78 is 5.75. The number of imide groups is 1. The minimum absolute atomic E-state index is 0.0697. The van der Waals surface area contributed by atoms with Crippen LogP contribution < -0.4 is 4.74 Å². The van der Waals surface area contributed by atoms with E-state index in [1.807, 2.05) is 26.8 Å². The molecule has 4 atom stereocenters. The minimum Gasteiger partial charge on any atom is -0.503 e. The molecule has 2 amide bonds. The average Bonchev–Trinajstić information content (AvgIpc) is 3.08. The summed E-state index contributed by atoms with van der Waals surface area (Å²) in [5.74, 6) is -2.75. The first kappa shape index (κ1) is 24.7. The molecule has 5 rings (SSSR count). The summed E-state index contributed by atoms with van der Waals surface area (Å²) in [6.07, 6.45) is 3.98. The highest BCUT2D eigenvalue weighted by molar-refractivity contribution is 9.10. The van der Waals surface area contributed by atoms with Crippen LogP contribution in [0.4, 0.5) is 0 Å². The van der Waals surface area contributed by atoms with Gasteiger partial charge >= 0.3 is 0 Å². The maximum atomic E-state index is 13.7. The lowest BCUT2D eigenvalue weighted by Crippen LogP contribution is -2.46. The maximum absolute atomic E-state index is 13.7. The second-order valence-corrected chi connectivity index (χ2v) is 11.8. The van der Waals surface area contributed by atoms with E-state index in [9.17, 15) is 24.3 Å². The number of benzene rings is 1. The number of carbonyl (C=O) groups is 4. The molecule has 1 saturated heterocycles. The van der Waals surface area contributed by atoms with Gasteiger partial charge in [-0.3, -0.25) is 24.1 Å². The quantitative estimate of drug-likeness (QED) is 0.331. The van der Waals surface area contributed by atoms with Gasteiger partial charge in [0.25, 0.3) is 0 Å². The Morgan fingerprint density at radius 1 is 1.08 bits per heavy atom. The van der Waals surface area contributed by atoms with Crippen molar-refractivity contribution in [2.45, 2.75) is 52.0 Å². The van der Waals surface area contributed by atoms with Crippen molar-refractivity contribution in [3.05, 3.63) is 56.6 Å². The number of carbonyl (C=O) groups excluding carboxylic acids is 4. The van der Waals surface area contributed by atoms with E-state index in [4.69, 9.17) is 4.74 Å². The molecule has 0 saturated carbocycles. The van der Waals surface area contributed by atoms with Crippen molar-refractivity contribution in [1.29, 1.82) is 0 Å². The van der Waals surface area contributed by atoms with Crippen LogP contribution in [-0.4, -0.2) is 46.0 Å². The van der Waals surface area contributed by atoms with Crippen molar-refractivity contribution >= 4 is 39.3 Å². The van der Waals surface area contributed by atoms with Crippen molar-refractivity contribution in [3.63, 3.8) is 0 Å². The van der Waals surface area contributed by atoms with Gasteiger partial charge in [-0.25, -0.2) is 0 Å². The van der Waals surface area contributed by atoms with Gasteiger partial charge in [-0.15, -0.1) is 0 Å². The zero-order chi connectivity index (χ0) is 26.3. The van der Waals surface area contributed by atoms with E-state index in [1.54, 1.807) is 19.1 Å². The summed E-state index contributed by atoms with van der Waals surface area (Å²) in [5.41, 5.74) is 2.04. The third-order valence-electron chi connectivity index (χ3n) is 7.84. The first-order valence-corrected chi connectivity index (χ1v) is 12.8. The number of hydrogen-bond donors (Lipinski definition) is 1. The van der Waals surface area contributed by atoms with Gasteiger partial charge in [-0.2, -0.15) is 0 Å². The zero-order valence-electron chi connectivity index (χ0n) is 20.8. The van der Waals surface area contributed by atoms with Crippen LogP contribution in [0.5, 0.6) is 11.5 Å². The predicted molar refractivity (Wildman–Crippen MR) is 135 cm³/mol. The Bertz CT molecular complexity index is 1340. The van der Waals surface area contributed by atoms with Crippen LogP contribution in [0.3, 0.4) is 0 Å². The Morgan fingerprint density at radius 2 is 1.78 bits per heavy atom. The minimum atomic E-state index is -0.657. The van der Waals surface area contributed by atoms with E-state index in [-0.39, 0.29) is 41.3 Å². The standard InChI is InChI=1S/C28H28BrNO6/c1-12-8-19(31)23-17(24(12)32)11-16-14(21(23)13-9-18(29)25(33)20(10-13)36-5)6-7-15-22(16)27(35)30(26(15)34)28(2,3)4/h6,8-10,15-16,21-22,33H,7,11H2,1-5H3/t15-,16+,21-,22-/m0/s1. The summed E-state index contributed by atoms with van der Waals surface area (Å²) in [5, 5.41) is 10.4. The van der Waals surface area contributed by atoms with Gasteiger partial charge in [0.1, 0.15) is 0 Å². The number of rotatable bonds is 2. The fourth-order valence-corrected chi connectivity index (χ4v) is 6.80. The number of ketones is 2. The van der Waals surface area contributed by atoms with Crippen LogP contribution in [0.25, 0.3) is 0 Å². The Kier molecular flexibility index (Phi) is 5.67. The van der Waals surface area contributed by atoms with Gasteiger partial charge in [-0.1, -0.05) is 11.6 Å². The highest BCUT2D eigenvalue weighted by Gasteiger charge is 2.58. The topological polar surface area (TPSA) is 101 Å². The molecule has 0 bridgehead atoms. The normalized spacial score (nSPS) is 28.0. The summed E-state index contributed by atoms with van der Waals surface area (Å²) in [7, 11) is 1.44. The van der Waals surface area contributed by atoms with Gasteiger partial charge in [0.2, 0.25) is 11.8 Å². The van der Waals surface area contributed by atoms with Crippen molar-refractivity contribution < 1.29 is 29.0 Å². The SMILES string of the molecule is COc1cc([C@H]2C3=CC[C@@H]4C(=O)N(C(C)(C)C)C(=O)[C@@H]4[C@@H]3CC3=C2C(=O)C=C(C)C3=O)cc(Br)c1O. The number of methoxy groups -OCH3 is 1. The van der Waals surface area contributed by atoms with E-state index in [2.05, 4.69) is 15.9 Å². The lowest BCUT2D eigenvalue weighted by molar-refractivity contribution is -0.145. The van der Waals surface area contributed by atoms with E-state index >= 15 is 0 Å². The number of nitrogens with zero attached hydrogens (tertiary/aromatic N) is 1. The molecule has 1 N–H and O–H groups in total. The highest BCUT2D eigenvalue weighted by atomic mass is 79.9. The molecule has 7 nitrogen and oxygen atoms in total. The highest BCUT2D eigenvalue weighted by Crippen LogP contribution is 2.56. The van der Waals surface area contributed by atoms with Crippen molar-refractivity contribution in [2.24, 2.45) is 17.8 Å². The second-order valence-electron chi connectivity index (χ2n) is 11.0. The molecular weight excluding hydrogens is 526 g/mol. The van der Waals surface area contributed by atoms with Gasteiger partial charge < -0.3 is 9.84 Å². The fourth-order valence-electron chi connectivity index (χ4n) is 6.34. The molecular formula is C28H28BrNO6. The number of aromatic hydroxyl groups is 1. The Balaban J connectivity index is 1.71. The van der Waals surface area contributed by atoms with Crippen LogP contribution in [0.1, 0.15) is 52.0 Å². The smallest absolute Gasteiger partial charge is 0.234 e. The predicted octanol–water partition coefficient (Wildman–Crippen LogP) is 4.39. The van der Waals surface area contributed by atoms with E-state index in [1.165, 1.54) is 18.1 Å². The van der Waals surface area contributed by atoms with Crippen LogP contribution in [-0.2, 0) is 19.2 Å². The van der Waals surface area contributed by atoms with Crippen molar-refractivity contribution in [1.82, 2.24) is 4.90 Å². The third kappa shape index (κ3) is 3.44. The molecule has 1 heterocycles. The zero-order valence-corrected chi connectivity index (χ0v) is 22.4. The fraction of sp³-hybridized carbons (Fsp3) is 0.429. The van der Waals surface area contributed by atoms with Crippen LogP contribution in [0.15, 0.2) is 51.0 Å². The number of hydrogen-bond acceptors (Lipinski definition) is 6. The molecule has 36 heavy (non-hydrogen) atoms. The van der Waals surface area contributed by atoms with Crippen molar-refractivity contribution in [2.75, 3.05) is 7.11 Å². The summed E-state index contributed by atoms with van der Waals surface area (Å²) in [6.45, 7) is 7.16. The number of fused-ring (bicyclic) bond motifs is 3.